The Balaban J connectivity index is 2.54. The van der Waals surface area contributed by atoms with E-state index in [1.54, 1.807) is 7.05 Å². The van der Waals surface area contributed by atoms with Gasteiger partial charge >= 0.3 is 5.97 Å². The van der Waals surface area contributed by atoms with Crippen LogP contribution >= 0.6 is 0 Å². The van der Waals surface area contributed by atoms with Crippen molar-refractivity contribution in [3.8, 4) is 0 Å². The molecule has 1 saturated carbocycles. The summed E-state index contributed by atoms with van der Waals surface area (Å²) in [5, 5.41) is 2.84. The second-order valence-electron chi connectivity index (χ2n) is 5.38. The summed E-state index contributed by atoms with van der Waals surface area (Å²) in [6.07, 6.45) is 3.61. The van der Waals surface area contributed by atoms with Crippen LogP contribution in [0.4, 0.5) is 0 Å². The monoisotopic (exact) mass is 227 g/mol. The van der Waals surface area contributed by atoms with Crippen LogP contribution in [0, 0.1) is 17.8 Å². The van der Waals surface area contributed by atoms with Gasteiger partial charge in [-0.2, -0.15) is 0 Å². The fourth-order valence-electron chi connectivity index (χ4n) is 2.61. The summed E-state index contributed by atoms with van der Waals surface area (Å²) in [7, 11) is 1.77. The molecular weight excluding hydrogens is 202 g/mol. The summed E-state index contributed by atoms with van der Waals surface area (Å²) in [5.74, 6) is 1.70. The van der Waals surface area contributed by atoms with Gasteiger partial charge < -0.3 is 10.1 Å². The van der Waals surface area contributed by atoms with E-state index in [1.165, 1.54) is 12.8 Å². The summed E-state index contributed by atoms with van der Waals surface area (Å²) < 4.78 is 5.57. The smallest absolute Gasteiger partial charge is 0.320 e. The minimum atomic E-state index is -0.118. The van der Waals surface area contributed by atoms with Crippen LogP contribution in [0.1, 0.15) is 40.0 Å². The second kappa shape index (κ2) is 6.24. The van der Waals surface area contributed by atoms with Crippen LogP contribution in [-0.4, -0.2) is 25.7 Å². The fourth-order valence-corrected chi connectivity index (χ4v) is 2.61. The highest BCUT2D eigenvalue weighted by atomic mass is 16.5. The van der Waals surface area contributed by atoms with Gasteiger partial charge in [0.15, 0.2) is 0 Å². The van der Waals surface area contributed by atoms with Crippen LogP contribution in [-0.2, 0) is 9.53 Å². The summed E-state index contributed by atoms with van der Waals surface area (Å²) in [4.78, 5) is 11.5. The van der Waals surface area contributed by atoms with Gasteiger partial charge in [-0.3, -0.25) is 4.79 Å². The van der Waals surface area contributed by atoms with Crippen molar-refractivity contribution in [3.63, 3.8) is 0 Å². The number of rotatable bonds is 4. The number of likely N-dealkylation sites (N-methyl/N-ethyl adjacent to an activating group) is 1. The highest BCUT2D eigenvalue weighted by molar-refractivity contribution is 5.71. The zero-order valence-corrected chi connectivity index (χ0v) is 11.0. The van der Waals surface area contributed by atoms with Crippen molar-refractivity contribution in [1.29, 1.82) is 0 Å². The quantitative estimate of drug-likeness (QED) is 0.748. The molecule has 3 nitrogen and oxygen atoms in total. The average molecular weight is 227 g/mol. The SMILES string of the molecule is CNCC(=O)OC1CC(C)CCC1C(C)C. The molecule has 0 radical (unpaired) electrons. The van der Waals surface area contributed by atoms with Crippen LogP contribution < -0.4 is 5.32 Å². The highest BCUT2D eigenvalue weighted by Gasteiger charge is 2.33. The number of nitrogens with one attached hydrogen (secondary N) is 1. The third kappa shape index (κ3) is 3.78. The average Bonchev–Trinajstić information content (AvgIpc) is 2.17. The minimum Gasteiger partial charge on any atom is -0.461 e. The first kappa shape index (κ1) is 13.5. The van der Waals surface area contributed by atoms with E-state index in [1.807, 2.05) is 0 Å². The van der Waals surface area contributed by atoms with Crippen LogP contribution in [0.3, 0.4) is 0 Å². The molecular formula is C13H25NO2. The maximum Gasteiger partial charge on any atom is 0.320 e. The van der Waals surface area contributed by atoms with Gasteiger partial charge in [0.05, 0.1) is 6.54 Å². The van der Waals surface area contributed by atoms with Crippen LogP contribution in [0.25, 0.3) is 0 Å². The lowest BCUT2D eigenvalue weighted by atomic mass is 9.75. The molecule has 1 fully saturated rings. The van der Waals surface area contributed by atoms with Gasteiger partial charge in [0.2, 0.25) is 0 Å². The molecule has 0 saturated heterocycles. The number of hydrogen-bond donors (Lipinski definition) is 1. The Hall–Kier alpha value is -0.570. The molecule has 1 aliphatic rings. The maximum atomic E-state index is 11.5. The van der Waals surface area contributed by atoms with Gasteiger partial charge in [-0.1, -0.05) is 27.2 Å². The molecule has 3 unspecified atom stereocenters. The number of ether oxygens (including phenoxy) is 1. The van der Waals surface area contributed by atoms with Crippen molar-refractivity contribution in [2.45, 2.75) is 46.1 Å². The zero-order chi connectivity index (χ0) is 12.1. The third-order valence-electron chi connectivity index (χ3n) is 3.57. The number of hydrogen-bond acceptors (Lipinski definition) is 3. The van der Waals surface area contributed by atoms with E-state index in [4.69, 9.17) is 4.74 Å². The first-order chi connectivity index (χ1) is 7.54. The van der Waals surface area contributed by atoms with Crippen molar-refractivity contribution in [1.82, 2.24) is 5.32 Å². The molecule has 0 spiro atoms. The molecule has 1 aliphatic carbocycles. The normalized spacial score (nSPS) is 30.4. The number of carbonyl (C=O) groups excluding carboxylic acids is 1. The molecule has 3 atom stereocenters. The summed E-state index contributed by atoms with van der Waals surface area (Å²) in [5.41, 5.74) is 0. The molecule has 0 bridgehead atoms. The van der Waals surface area contributed by atoms with Gasteiger partial charge in [0, 0.05) is 0 Å². The fraction of sp³-hybridized carbons (Fsp3) is 0.923. The largest absolute Gasteiger partial charge is 0.461 e. The van der Waals surface area contributed by atoms with Crippen molar-refractivity contribution < 1.29 is 9.53 Å². The van der Waals surface area contributed by atoms with E-state index in [2.05, 4.69) is 26.1 Å². The molecule has 0 aromatic heterocycles. The lowest BCUT2D eigenvalue weighted by Crippen LogP contribution is -2.37. The van der Waals surface area contributed by atoms with Gasteiger partial charge in [-0.25, -0.2) is 0 Å². The summed E-state index contributed by atoms with van der Waals surface area (Å²) >= 11 is 0. The predicted octanol–water partition coefficient (Wildman–Crippen LogP) is 2.21. The van der Waals surface area contributed by atoms with E-state index in [0.717, 1.165) is 6.42 Å². The van der Waals surface area contributed by atoms with E-state index in [9.17, 15) is 4.79 Å². The molecule has 0 amide bonds. The second-order valence-corrected chi connectivity index (χ2v) is 5.38. The number of esters is 1. The lowest BCUT2D eigenvalue weighted by molar-refractivity contribution is -0.154. The predicted molar refractivity (Wildman–Crippen MR) is 65.1 cm³/mol. The van der Waals surface area contributed by atoms with Crippen molar-refractivity contribution in [2.24, 2.45) is 17.8 Å². The summed E-state index contributed by atoms with van der Waals surface area (Å²) in [6.45, 7) is 7.00. The topological polar surface area (TPSA) is 38.3 Å². The lowest BCUT2D eigenvalue weighted by Gasteiger charge is -2.36. The molecule has 0 aliphatic heterocycles. The molecule has 1 N–H and O–H groups in total. The minimum absolute atomic E-state index is 0.118. The first-order valence-corrected chi connectivity index (χ1v) is 6.38. The molecule has 0 aromatic carbocycles. The Morgan fingerprint density at radius 2 is 2.12 bits per heavy atom. The van der Waals surface area contributed by atoms with E-state index in [0.29, 0.717) is 24.3 Å². The van der Waals surface area contributed by atoms with Crippen molar-refractivity contribution in [2.75, 3.05) is 13.6 Å². The number of carbonyl (C=O) groups is 1. The molecule has 94 valence electrons. The Morgan fingerprint density at radius 1 is 1.44 bits per heavy atom. The Bertz CT molecular complexity index is 228. The van der Waals surface area contributed by atoms with E-state index in [-0.39, 0.29) is 12.1 Å². The summed E-state index contributed by atoms with van der Waals surface area (Å²) in [6, 6.07) is 0. The Labute approximate surface area is 98.9 Å². The zero-order valence-electron chi connectivity index (χ0n) is 11.0. The van der Waals surface area contributed by atoms with Gasteiger partial charge in [0.25, 0.3) is 0 Å². The van der Waals surface area contributed by atoms with Gasteiger partial charge in [-0.15, -0.1) is 0 Å². The van der Waals surface area contributed by atoms with Crippen molar-refractivity contribution >= 4 is 5.97 Å². The molecule has 0 aromatic rings. The van der Waals surface area contributed by atoms with Gasteiger partial charge in [-0.05, 0) is 37.6 Å². The van der Waals surface area contributed by atoms with Crippen LogP contribution in [0.2, 0.25) is 0 Å². The Morgan fingerprint density at radius 3 is 2.69 bits per heavy atom. The van der Waals surface area contributed by atoms with E-state index < -0.39 is 0 Å². The van der Waals surface area contributed by atoms with Crippen molar-refractivity contribution in [3.05, 3.63) is 0 Å². The molecule has 3 heteroatoms. The van der Waals surface area contributed by atoms with Crippen LogP contribution in [0.15, 0.2) is 0 Å². The standard InChI is InChI=1S/C13H25NO2/c1-9(2)11-6-5-10(3)7-12(11)16-13(15)8-14-4/h9-12,14H,5-8H2,1-4H3. The van der Waals surface area contributed by atoms with Crippen LogP contribution in [0.5, 0.6) is 0 Å². The molecule has 16 heavy (non-hydrogen) atoms. The molecule has 0 heterocycles. The molecule has 1 rings (SSSR count). The van der Waals surface area contributed by atoms with Gasteiger partial charge in [0.1, 0.15) is 6.10 Å². The first-order valence-electron chi connectivity index (χ1n) is 6.38. The Kier molecular flexibility index (Phi) is 5.26. The highest BCUT2D eigenvalue weighted by Crippen LogP contribution is 2.35. The van der Waals surface area contributed by atoms with E-state index >= 15 is 0 Å². The third-order valence-corrected chi connectivity index (χ3v) is 3.57. The maximum absolute atomic E-state index is 11.5.